The third-order valence-corrected chi connectivity index (χ3v) is 13.3. The van der Waals surface area contributed by atoms with E-state index in [1.165, 1.54) is 0 Å². The van der Waals surface area contributed by atoms with Gasteiger partial charge in [0, 0.05) is 29.3 Å². The normalized spacial score (nSPS) is 22.3. The molecule has 7 rings (SSSR count). The summed E-state index contributed by atoms with van der Waals surface area (Å²) in [4.78, 5) is 48.4. The summed E-state index contributed by atoms with van der Waals surface area (Å²) in [7, 11) is 0. The Morgan fingerprint density at radius 3 is 2.41 bits per heavy atom. The number of amides is 2. The van der Waals surface area contributed by atoms with E-state index in [2.05, 4.69) is 48.3 Å². The Labute approximate surface area is 341 Å². The second-order valence-electron chi connectivity index (χ2n) is 18.0. The molecule has 2 aromatic carbocycles. The van der Waals surface area contributed by atoms with Gasteiger partial charge in [-0.3, -0.25) is 9.61 Å². The summed E-state index contributed by atoms with van der Waals surface area (Å²) in [5.74, 6) is 0.318. The third-order valence-electron chi connectivity index (χ3n) is 13.3. The molecular formula is C46H58N6O6. The van der Waals surface area contributed by atoms with E-state index in [0.29, 0.717) is 40.7 Å². The fraction of sp³-hybridized carbons (Fsp3) is 0.543. The van der Waals surface area contributed by atoms with Gasteiger partial charge in [0.15, 0.2) is 17.6 Å². The fourth-order valence-corrected chi connectivity index (χ4v) is 9.00. The maximum Gasteiger partial charge on any atom is 0.344 e. The number of nitrogens with one attached hydrogen (secondary N) is 3. The number of hydrogen-bond donors (Lipinski definition) is 4. The number of aromatic amines is 1. The molecule has 3 fully saturated rings. The molecule has 5 atom stereocenters. The van der Waals surface area contributed by atoms with Crippen LogP contribution in [0.1, 0.15) is 126 Å². The highest BCUT2D eigenvalue weighted by Crippen LogP contribution is 2.63. The van der Waals surface area contributed by atoms with Gasteiger partial charge in [-0.15, -0.1) is 0 Å². The van der Waals surface area contributed by atoms with Crippen LogP contribution in [0.25, 0.3) is 21.9 Å². The minimum absolute atomic E-state index is 0.168. The van der Waals surface area contributed by atoms with Crippen LogP contribution < -0.4 is 15.4 Å². The van der Waals surface area contributed by atoms with Crippen molar-refractivity contribution in [3.63, 3.8) is 0 Å². The SMILES string of the molecule is [C-]#[N+]c1cn2[nH]c(-c3ccc(C)c(NC(=O)Nc4cc(C)ccc4OC(CCCCCC)C(=O)O)c3)nc2c1C(=O)OC1C(C2(C)CC2)CCC(C)CC1C1(C)CC1. The molecule has 0 radical (unpaired) electrons. The molecule has 308 valence electrons. The molecule has 4 aromatic rings. The summed E-state index contributed by atoms with van der Waals surface area (Å²) in [6.45, 7) is 20.8. The second kappa shape index (κ2) is 16.5. The number of ether oxygens (including phenoxy) is 2. The summed E-state index contributed by atoms with van der Waals surface area (Å²) < 4.78 is 14.2. The highest BCUT2D eigenvalue weighted by atomic mass is 16.5. The van der Waals surface area contributed by atoms with E-state index in [1.54, 1.807) is 28.9 Å². The van der Waals surface area contributed by atoms with Crippen molar-refractivity contribution in [1.29, 1.82) is 0 Å². The Bertz CT molecular complexity index is 2220. The van der Waals surface area contributed by atoms with Crippen molar-refractivity contribution in [2.24, 2.45) is 28.6 Å². The number of hydrogen-bond acceptors (Lipinski definition) is 6. The van der Waals surface area contributed by atoms with Crippen LogP contribution in [0.5, 0.6) is 5.75 Å². The number of carboxylic acids is 1. The monoisotopic (exact) mass is 790 g/mol. The molecule has 58 heavy (non-hydrogen) atoms. The van der Waals surface area contributed by atoms with Gasteiger partial charge in [0.25, 0.3) is 0 Å². The first-order chi connectivity index (χ1) is 27.7. The number of anilines is 2. The van der Waals surface area contributed by atoms with Gasteiger partial charge in [0.1, 0.15) is 17.4 Å². The van der Waals surface area contributed by atoms with Crippen molar-refractivity contribution in [3.05, 3.63) is 70.7 Å². The highest BCUT2D eigenvalue weighted by molar-refractivity contribution is 6.03. The lowest BCUT2D eigenvalue weighted by Crippen LogP contribution is -2.40. The number of aliphatic carboxylic acids is 1. The Hall–Kier alpha value is -5.31. The lowest BCUT2D eigenvalue weighted by molar-refractivity contribution is -0.145. The van der Waals surface area contributed by atoms with Crippen LogP contribution in [0.4, 0.5) is 21.9 Å². The predicted molar refractivity (Wildman–Crippen MR) is 224 cm³/mol. The Morgan fingerprint density at radius 2 is 1.72 bits per heavy atom. The second-order valence-corrected chi connectivity index (χ2v) is 18.0. The Kier molecular flexibility index (Phi) is 11.6. The van der Waals surface area contributed by atoms with Gasteiger partial charge in [-0.05, 0) is 111 Å². The van der Waals surface area contributed by atoms with Gasteiger partial charge in [-0.25, -0.2) is 24.2 Å². The molecule has 3 aliphatic carbocycles. The summed E-state index contributed by atoms with van der Waals surface area (Å²) in [6, 6.07) is 10.2. The molecule has 12 nitrogen and oxygen atoms in total. The number of fused-ring (bicyclic) bond motifs is 1. The van der Waals surface area contributed by atoms with E-state index in [0.717, 1.165) is 81.8 Å². The zero-order valence-electron chi connectivity index (χ0n) is 34.7. The van der Waals surface area contributed by atoms with E-state index >= 15 is 0 Å². The molecule has 0 spiro atoms. The largest absolute Gasteiger partial charge is 0.479 e. The number of nitrogens with zero attached hydrogens (tertiary/aromatic N) is 3. The van der Waals surface area contributed by atoms with Crippen LogP contribution in [0.15, 0.2) is 42.6 Å². The van der Waals surface area contributed by atoms with Crippen LogP contribution in [-0.4, -0.2) is 49.9 Å². The standard InChI is InChI=1S/C46H58N6O6/c1-8-9-10-11-12-37(42(53)54)57-36-18-14-28(3)24-34(36)49-44(56)48-33-25-30(16-15-29(33)4)40-50-41-38(35(47-7)26-52(41)51-40)43(55)58-39-31(45(5)19-20-45)17-13-27(2)23-32(39)46(6)21-22-46/h14-16,18,24-27,31-32,37,39H,8-13,17,19-23H2,1-6H3,(H,50,51)(H,53,54)(H2,48,49,56). The Morgan fingerprint density at radius 1 is 1.00 bits per heavy atom. The summed E-state index contributed by atoms with van der Waals surface area (Å²) in [5.41, 5.74) is 4.23. The molecule has 5 unspecified atom stereocenters. The smallest absolute Gasteiger partial charge is 0.344 e. The summed E-state index contributed by atoms with van der Waals surface area (Å²) in [5, 5.41) is 18.9. The van der Waals surface area contributed by atoms with Crippen molar-refractivity contribution < 1.29 is 29.0 Å². The molecule has 3 saturated carbocycles. The number of benzene rings is 2. The van der Waals surface area contributed by atoms with Gasteiger partial charge in [0.2, 0.25) is 5.69 Å². The zero-order chi connectivity index (χ0) is 41.4. The molecule has 0 saturated heterocycles. The number of esters is 1. The van der Waals surface area contributed by atoms with E-state index < -0.39 is 24.1 Å². The van der Waals surface area contributed by atoms with Crippen molar-refractivity contribution in [2.45, 2.75) is 131 Å². The van der Waals surface area contributed by atoms with Gasteiger partial charge in [-0.1, -0.05) is 71.6 Å². The van der Waals surface area contributed by atoms with Gasteiger partial charge in [-0.2, -0.15) is 0 Å². The van der Waals surface area contributed by atoms with Gasteiger partial charge < -0.3 is 25.2 Å². The molecule has 3 aliphatic rings. The predicted octanol–water partition coefficient (Wildman–Crippen LogP) is 11.1. The van der Waals surface area contributed by atoms with E-state index in [9.17, 15) is 19.5 Å². The minimum Gasteiger partial charge on any atom is -0.479 e. The number of aryl methyl sites for hydroxylation is 2. The molecule has 0 aliphatic heterocycles. The quantitative estimate of drug-likeness (QED) is 0.0405. The lowest BCUT2D eigenvalue weighted by Gasteiger charge is -2.38. The number of H-pyrrole nitrogens is 1. The molecule has 2 aromatic heterocycles. The molecule has 4 N–H and O–H groups in total. The average molecular weight is 791 g/mol. The first-order valence-electron chi connectivity index (χ1n) is 21.1. The van der Waals surface area contributed by atoms with Crippen molar-refractivity contribution in [3.8, 4) is 17.1 Å². The minimum atomic E-state index is -1.05. The first kappa shape index (κ1) is 40.9. The zero-order valence-corrected chi connectivity index (χ0v) is 34.7. The average Bonchev–Trinajstić information content (AvgIpc) is 4.05. The van der Waals surface area contributed by atoms with Crippen molar-refractivity contribution in [1.82, 2.24) is 14.6 Å². The van der Waals surface area contributed by atoms with Crippen molar-refractivity contribution >= 4 is 40.7 Å². The first-order valence-corrected chi connectivity index (χ1v) is 21.1. The van der Waals surface area contributed by atoms with E-state index in [1.807, 2.05) is 32.0 Å². The number of carbonyl (C=O) groups is 3. The maximum absolute atomic E-state index is 14.3. The lowest BCUT2D eigenvalue weighted by atomic mass is 9.73. The maximum atomic E-state index is 14.3. The molecule has 2 amide bonds. The Balaban J connectivity index is 1.10. The number of urea groups is 1. The van der Waals surface area contributed by atoms with Crippen LogP contribution in [0.3, 0.4) is 0 Å². The third kappa shape index (κ3) is 8.74. The molecule has 12 heteroatoms. The molecule has 2 heterocycles. The van der Waals surface area contributed by atoms with E-state index in [4.69, 9.17) is 21.0 Å². The topological polar surface area (TPSA) is 151 Å². The van der Waals surface area contributed by atoms with E-state index in [-0.39, 0.29) is 45.8 Å². The fourth-order valence-electron chi connectivity index (χ4n) is 9.00. The van der Waals surface area contributed by atoms with Gasteiger partial charge >= 0.3 is 18.0 Å². The van der Waals surface area contributed by atoms with Gasteiger partial charge in [0.05, 0.1) is 12.3 Å². The van der Waals surface area contributed by atoms with Crippen LogP contribution in [-0.2, 0) is 9.53 Å². The highest BCUT2D eigenvalue weighted by Gasteiger charge is 2.58. The number of rotatable bonds is 15. The van der Waals surface area contributed by atoms with Crippen LogP contribution >= 0.6 is 0 Å². The number of carbonyl (C=O) groups excluding carboxylic acids is 2. The van der Waals surface area contributed by atoms with Crippen molar-refractivity contribution in [2.75, 3.05) is 10.6 Å². The number of unbranched alkanes of at least 4 members (excludes halogenated alkanes) is 3. The number of aromatic nitrogens is 3. The molecule has 0 bridgehead atoms. The summed E-state index contributed by atoms with van der Waals surface area (Å²) in [6.07, 6.45) is 12.3. The van der Waals surface area contributed by atoms with Crippen LogP contribution in [0.2, 0.25) is 0 Å². The summed E-state index contributed by atoms with van der Waals surface area (Å²) >= 11 is 0. The molecular weight excluding hydrogens is 733 g/mol. The van der Waals surface area contributed by atoms with Crippen LogP contribution in [0, 0.1) is 49.0 Å². The number of carboxylic acid groups (broad SMARTS) is 1.